The van der Waals surface area contributed by atoms with Crippen LogP contribution in [0.1, 0.15) is 10.4 Å². The highest BCUT2D eigenvalue weighted by atomic mass is 16.5. The third-order valence-electron chi connectivity index (χ3n) is 4.03. The van der Waals surface area contributed by atoms with Crippen molar-refractivity contribution in [3.8, 4) is 5.88 Å². The van der Waals surface area contributed by atoms with Crippen molar-refractivity contribution in [1.82, 2.24) is 14.9 Å². The molecule has 6 nitrogen and oxygen atoms in total. The first-order chi connectivity index (χ1) is 11.7. The molecule has 1 aliphatic heterocycles. The number of aromatic amines is 1. The molecule has 0 atom stereocenters. The second-order valence-electron chi connectivity index (χ2n) is 5.73. The molecule has 0 unspecified atom stereocenters. The van der Waals surface area contributed by atoms with E-state index >= 15 is 0 Å². The van der Waals surface area contributed by atoms with Gasteiger partial charge in [-0.25, -0.2) is 4.98 Å². The highest BCUT2D eigenvalue weighted by Crippen LogP contribution is 2.21. The van der Waals surface area contributed by atoms with Crippen molar-refractivity contribution in [2.75, 3.05) is 13.1 Å². The smallest absolute Gasteiger partial charge is 0.255 e. The molecule has 1 saturated heterocycles. The van der Waals surface area contributed by atoms with Gasteiger partial charge in [0.05, 0.1) is 24.2 Å². The number of carbonyl (C=O) groups is 1. The number of carbonyl (C=O) groups excluding carboxylic acids is 1. The molecule has 2 aromatic heterocycles. The lowest BCUT2D eigenvalue weighted by atomic mass is 10.1. The molecule has 1 fully saturated rings. The minimum atomic E-state index is -0.223. The molecule has 3 heterocycles. The Balaban J connectivity index is 1.39. The van der Waals surface area contributed by atoms with Crippen LogP contribution in [0.2, 0.25) is 0 Å². The second-order valence-corrected chi connectivity index (χ2v) is 5.73. The minimum absolute atomic E-state index is 0.0645. The number of nitrogens with one attached hydrogen (secondary N) is 1. The van der Waals surface area contributed by atoms with E-state index in [4.69, 9.17) is 4.74 Å². The van der Waals surface area contributed by atoms with Crippen molar-refractivity contribution < 1.29 is 9.53 Å². The van der Waals surface area contributed by atoms with Crippen LogP contribution < -0.4 is 10.3 Å². The van der Waals surface area contributed by atoms with E-state index in [1.165, 1.54) is 18.3 Å². The van der Waals surface area contributed by atoms with Gasteiger partial charge in [-0.1, -0.05) is 18.2 Å². The maximum Gasteiger partial charge on any atom is 0.255 e. The van der Waals surface area contributed by atoms with E-state index in [9.17, 15) is 9.59 Å². The summed E-state index contributed by atoms with van der Waals surface area (Å²) in [5.74, 6) is 0.451. The first kappa shape index (κ1) is 14.4. The SMILES string of the molecule is O=C(c1ccc(=O)[nH]c1)N1CC(Oc2ccc3ccccc3n2)C1. The lowest BCUT2D eigenvalue weighted by Gasteiger charge is -2.38. The topological polar surface area (TPSA) is 75.3 Å². The van der Waals surface area contributed by atoms with E-state index < -0.39 is 0 Å². The number of ether oxygens (including phenoxy) is 1. The molecule has 0 aliphatic carbocycles. The van der Waals surface area contributed by atoms with Crippen molar-refractivity contribution in [3.05, 3.63) is 70.6 Å². The van der Waals surface area contributed by atoms with Gasteiger partial charge in [0.2, 0.25) is 11.4 Å². The van der Waals surface area contributed by atoms with Crippen molar-refractivity contribution in [2.24, 2.45) is 0 Å². The zero-order valence-electron chi connectivity index (χ0n) is 12.8. The van der Waals surface area contributed by atoms with Crippen LogP contribution in [0, 0.1) is 0 Å². The Hall–Kier alpha value is -3.15. The fourth-order valence-electron chi connectivity index (χ4n) is 2.69. The van der Waals surface area contributed by atoms with Crippen molar-refractivity contribution in [3.63, 3.8) is 0 Å². The first-order valence-corrected chi connectivity index (χ1v) is 7.69. The largest absolute Gasteiger partial charge is 0.471 e. The van der Waals surface area contributed by atoms with Gasteiger partial charge in [-0.15, -0.1) is 0 Å². The van der Waals surface area contributed by atoms with Crippen LogP contribution in [0.5, 0.6) is 5.88 Å². The molecule has 0 bridgehead atoms. The van der Waals surface area contributed by atoms with Gasteiger partial charge in [0.15, 0.2) is 0 Å². The molecular weight excluding hydrogens is 306 g/mol. The molecule has 0 spiro atoms. The molecule has 4 rings (SSSR count). The predicted molar refractivity (Wildman–Crippen MR) is 89.1 cm³/mol. The fraction of sp³-hybridized carbons (Fsp3) is 0.167. The average Bonchev–Trinajstić information content (AvgIpc) is 2.58. The zero-order valence-corrected chi connectivity index (χ0v) is 12.8. The van der Waals surface area contributed by atoms with Crippen LogP contribution in [0.3, 0.4) is 0 Å². The number of aromatic nitrogens is 2. The molecule has 24 heavy (non-hydrogen) atoms. The number of hydrogen-bond donors (Lipinski definition) is 1. The highest BCUT2D eigenvalue weighted by Gasteiger charge is 2.33. The first-order valence-electron chi connectivity index (χ1n) is 7.69. The Bertz CT molecular complexity index is 940. The van der Waals surface area contributed by atoms with E-state index in [-0.39, 0.29) is 17.6 Å². The average molecular weight is 321 g/mol. The van der Waals surface area contributed by atoms with Crippen LogP contribution in [0.25, 0.3) is 10.9 Å². The molecule has 1 aromatic carbocycles. The number of rotatable bonds is 3. The summed E-state index contributed by atoms with van der Waals surface area (Å²) >= 11 is 0. The number of likely N-dealkylation sites (tertiary alicyclic amines) is 1. The van der Waals surface area contributed by atoms with Gasteiger partial charge in [0.25, 0.3) is 5.91 Å². The van der Waals surface area contributed by atoms with Gasteiger partial charge in [-0.3, -0.25) is 9.59 Å². The van der Waals surface area contributed by atoms with E-state index in [1.54, 1.807) is 4.90 Å². The zero-order chi connectivity index (χ0) is 16.5. The van der Waals surface area contributed by atoms with Crippen LogP contribution in [-0.4, -0.2) is 40.0 Å². The number of fused-ring (bicyclic) bond motifs is 1. The molecule has 0 saturated carbocycles. The molecule has 3 aromatic rings. The molecule has 1 N–H and O–H groups in total. The van der Waals surface area contributed by atoms with Gasteiger partial charge in [-0.05, 0) is 18.2 Å². The number of pyridine rings is 2. The number of amides is 1. The Morgan fingerprint density at radius 2 is 1.96 bits per heavy atom. The molecule has 1 aliphatic rings. The second kappa shape index (κ2) is 5.81. The van der Waals surface area contributed by atoms with Crippen LogP contribution >= 0.6 is 0 Å². The predicted octanol–water partition coefficient (Wildman–Crippen LogP) is 1.83. The summed E-state index contributed by atoms with van der Waals surface area (Å²) in [5.41, 5.74) is 1.13. The summed E-state index contributed by atoms with van der Waals surface area (Å²) in [4.78, 5) is 31.9. The maximum atomic E-state index is 12.2. The van der Waals surface area contributed by atoms with E-state index in [2.05, 4.69) is 9.97 Å². The van der Waals surface area contributed by atoms with Gasteiger partial charge < -0.3 is 14.6 Å². The van der Waals surface area contributed by atoms with Crippen molar-refractivity contribution >= 4 is 16.8 Å². The van der Waals surface area contributed by atoms with Crippen molar-refractivity contribution in [2.45, 2.75) is 6.10 Å². The summed E-state index contributed by atoms with van der Waals surface area (Å²) in [6.07, 6.45) is 1.37. The fourth-order valence-corrected chi connectivity index (χ4v) is 2.69. The van der Waals surface area contributed by atoms with E-state index in [1.807, 2.05) is 36.4 Å². The van der Waals surface area contributed by atoms with Crippen LogP contribution in [-0.2, 0) is 0 Å². The minimum Gasteiger partial charge on any atom is -0.471 e. The van der Waals surface area contributed by atoms with E-state index in [0.717, 1.165) is 10.9 Å². The van der Waals surface area contributed by atoms with Gasteiger partial charge >= 0.3 is 0 Å². The Morgan fingerprint density at radius 3 is 2.75 bits per heavy atom. The third kappa shape index (κ3) is 2.74. The van der Waals surface area contributed by atoms with Gasteiger partial charge in [0.1, 0.15) is 6.10 Å². The quantitative estimate of drug-likeness (QED) is 0.798. The highest BCUT2D eigenvalue weighted by molar-refractivity contribution is 5.94. The Morgan fingerprint density at radius 1 is 1.12 bits per heavy atom. The molecule has 120 valence electrons. The molecule has 1 amide bonds. The number of benzene rings is 1. The molecule has 0 radical (unpaired) electrons. The van der Waals surface area contributed by atoms with E-state index in [0.29, 0.717) is 24.5 Å². The van der Waals surface area contributed by atoms with Crippen LogP contribution in [0.4, 0.5) is 0 Å². The van der Waals surface area contributed by atoms with Crippen molar-refractivity contribution in [1.29, 1.82) is 0 Å². The lowest BCUT2D eigenvalue weighted by Crippen LogP contribution is -2.56. The maximum absolute atomic E-state index is 12.2. The number of H-pyrrole nitrogens is 1. The summed E-state index contributed by atoms with van der Waals surface area (Å²) in [6.45, 7) is 1.01. The van der Waals surface area contributed by atoms with Gasteiger partial charge in [0, 0.05) is 23.7 Å². The monoisotopic (exact) mass is 321 g/mol. The summed E-state index contributed by atoms with van der Waals surface area (Å²) in [6, 6.07) is 14.5. The molecular formula is C18H15N3O3. The van der Waals surface area contributed by atoms with Crippen LogP contribution in [0.15, 0.2) is 59.5 Å². The number of para-hydroxylation sites is 1. The van der Waals surface area contributed by atoms with Gasteiger partial charge in [-0.2, -0.15) is 0 Å². The summed E-state index contributed by atoms with van der Waals surface area (Å²) in [5, 5.41) is 1.06. The standard InChI is InChI=1S/C18H15N3O3/c22-16-7-5-13(9-19-16)18(23)21-10-14(11-21)24-17-8-6-12-3-1-2-4-15(12)20-17/h1-9,14H,10-11H2,(H,19,22). The number of nitrogens with zero attached hydrogens (tertiary/aromatic N) is 2. The lowest BCUT2D eigenvalue weighted by molar-refractivity contribution is 0.0161. The summed E-state index contributed by atoms with van der Waals surface area (Å²) < 4.78 is 5.83. The normalized spacial score (nSPS) is 14.4. The Labute approximate surface area is 137 Å². The molecule has 6 heteroatoms. The number of hydrogen-bond acceptors (Lipinski definition) is 4. The summed E-state index contributed by atoms with van der Waals surface area (Å²) in [7, 11) is 0. The third-order valence-corrected chi connectivity index (χ3v) is 4.03. The Kier molecular flexibility index (Phi) is 3.49.